The van der Waals surface area contributed by atoms with Crippen LogP contribution < -0.4 is 16.0 Å². The fraction of sp³-hybridized carbons (Fsp3) is 0.375. The van der Waals surface area contributed by atoms with Crippen LogP contribution in [-0.2, 0) is 4.79 Å². The van der Waals surface area contributed by atoms with Crippen LogP contribution in [0.15, 0.2) is 29.3 Å². The molecule has 0 saturated carbocycles. The van der Waals surface area contributed by atoms with Gasteiger partial charge in [0.05, 0.1) is 6.54 Å². The lowest BCUT2D eigenvalue weighted by Gasteiger charge is -2.11. The summed E-state index contributed by atoms with van der Waals surface area (Å²) in [4.78, 5) is 15.9. The van der Waals surface area contributed by atoms with Crippen LogP contribution in [0.5, 0.6) is 0 Å². The molecule has 0 unspecified atom stereocenters. The second-order valence-corrected chi connectivity index (χ2v) is 4.48. The van der Waals surface area contributed by atoms with Gasteiger partial charge in [-0.3, -0.25) is 9.79 Å². The number of carbonyl (C=O) groups is 1. The number of anilines is 1. The van der Waals surface area contributed by atoms with E-state index in [1.165, 1.54) is 0 Å². The van der Waals surface area contributed by atoms with Crippen molar-refractivity contribution in [2.75, 3.05) is 25.5 Å². The third-order valence-corrected chi connectivity index (χ3v) is 2.78. The van der Waals surface area contributed by atoms with Crippen molar-refractivity contribution in [2.24, 2.45) is 4.99 Å². The molecule has 0 atom stereocenters. The van der Waals surface area contributed by atoms with Gasteiger partial charge in [-0.25, -0.2) is 0 Å². The van der Waals surface area contributed by atoms with Gasteiger partial charge in [0, 0.05) is 24.8 Å². The third-order valence-electron chi connectivity index (χ3n) is 2.78. The molecule has 3 N–H and O–H groups in total. The summed E-state index contributed by atoms with van der Waals surface area (Å²) in [6.07, 6.45) is 7.49. The summed E-state index contributed by atoms with van der Waals surface area (Å²) in [5, 5.41) is 8.89. The number of carbonyl (C=O) groups excluding carboxylic acids is 1. The van der Waals surface area contributed by atoms with Gasteiger partial charge < -0.3 is 16.0 Å². The Labute approximate surface area is 126 Å². The van der Waals surface area contributed by atoms with Crippen LogP contribution in [0.2, 0.25) is 0 Å². The molecular weight excluding hydrogens is 264 g/mol. The van der Waals surface area contributed by atoms with E-state index in [2.05, 4.69) is 33.8 Å². The predicted octanol–water partition coefficient (Wildman–Crippen LogP) is 1.57. The fourth-order valence-electron chi connectivity index (χ4n) is 1.66. The number of hydrogen-bond donors (Lipinski definition) is 3. The summed E-state index contributed by atoms with van der Waals surface area (Å²) in [6.45, 7) is 3.10. The van der Waals surface area contributed by atoms with Gasteiger partial charge >= 0.3 is 0 Å². The molecule has 1 amide bonds. The Kier molecular flexibility index (Phi) is 7.44. The van der Waals surface area contributed by atoms with E-state index < -0.39 is 0 Å². The number of guanidine groups is 1. The van der Waals surface area contributed by atoms with Gasteiger partial charge in [-0.05, 0) is 24.6 Å². The zero-order valence-electron chi connectivity index (χ0n) is 12.6. The van der Waals surface area contributed by atoms with Crippen molar-refractivity contribution in [3.63, 3.8) is 0 Å². The van der Waals surface area contributed by atoms with Crippen LogP contribution in [0.4, 0.5) is 5.69 Å². The number of nitrogens with one attached hydrogen (secondary N) is 3. The highest BCUT2D eigenvalue weighted by Gasteiger charge is 2.04. The summed E-state index contributed by atoms with van der Waals surface area (Å²) < 4.78 is 0. The Morgan fingerprint density at radius 3 is 2.86 bits per heavy atom. The van der Waals surface area contributed by atoms with Crippen LogP contribution in [0.1, 0.15) is 25.3 Å². The highest BCUT2D eigenvalue weighted by Crippen LogP contribution is 2.09. The fourth-order valence-corrected chi connectivity index (χ4v) is 1.66. The molecule has 0 aliphatic carbocycles. The molecule has 1 aromatic carbocycles. The molecule has 0 spiro atoms. The van der Waals surface area contributed by atoms with Crippen molar-refractivity contribution in [3.05, 3.63) is 29.8 Å². The number of aliphatic imine (C=N–C) groups is 1. The number of terminal acetylenes is 1. The molecule has 0 saturated heterocycles. The summed E-state index contributed by atoms with van der Waals surface area (Å²) >= 11 is 0. The van der Waals surface area contributed by atoms with Crippen LogP contribution >= 0.6 is 0 Å². The number of unbranched alkanes of at least 4 members (excludes halogenated alkanes) is 1. The molecular formula is C16H22N4O. The lowest BCUT2D eigenvalue weighted by atomic mass is 10.2. The molecule has 0 fully saturated rings. The van der Waals surface area contributed by atoms with Crippen molar-refractivity contribution in [3.8, 4) is 12.3 Å². The van der Waals surface area contributed by atoms with Crippen molar-refractivity contribution in [1.29, 1.82) is 0 Å². The number of benzene rings is 1. The Hall–Kier alpha value is -2.48. The lowest BCUT2D eigenvalue weighted by Crippen LogP contribution is -2.41. The molecule has 112 valence electrons. The molecule has 1 rings (SSSR count). The minimum Gasteiger partial charge on any atom is -0.356 e. The average Bonchev–Trinajstić information content (AvgIpc) is 2.51. The minimum absolute atomic E-state index is 0.145. The number of hydrogen-bond acceptors (Lipinski definition) is 2. The third kappa shape index (κ3) is 6.48. The second-order valence-electron chi connectivity index (χ2n) is 4.48. The molecule has 1 aromatic rings. The highest BCUT2D eigenvalue weighted by atomic mass is 16.1. The van der Waals surface area contributed by atoms with Crippen molar-refractivity contribution in [2.45, 2.75) is 19.8 Å². The molecule has 0 aliphatic heterocycles. The molecule has 5 heteroatoms. The van der Waals surface area contributed by atoms with E-state index in [1.54, 1.807) is 19.2 Å². The van der Waals surface area contributed by atoms with Crippen LogP contribution in [0.25, 0.3) is 0 Å². The van der Waals surface area contributed by atoms with Crippen LogP contribution in [0.3, 0.4) is 0 Å². The lowest BCUT2D eigenvalue weighted by molar-refractivity contribution is -0.115. The first-order valence-corrected chi connectivity index (χ1v) is 7.00. The maximum Gasteiger partial charge on any atom is 0.243 e. The van der Waals surface area contributed by atoms with E-state index in [-0.39, 0.29) is 12.5 Å². The Balaban J connectivity index is 2.41. The van der Waals surface area contributed by atoms with E-state index >= 15 is 0 Å². The molecule has 21 heavy (non-hydrogen) atoms. The van der Waals surface area contributed by atoms with Gasteiger partial charge in [-0.1, -0.05) is 25.3 Å². The van der Waals surface area contributed by atoms with Gasteiger partial charge in [-0.15, -0.1) is 6.42 Å². The number of nitrogens with zero attached hydrogens (tertiary/aromatic N) is 1. The zero-order chi connectivity index (χ0) is 15.5. The van der Waals surface area contributed by atoms with Gasteiger partial charge in [-0.2, -0.15) is 0 Å². The molecule has 0 aliphatic rings. The van der Waals surface area contributed by atoms with Gasteiger partial charge in [0.15, 0.2) is 5.96 Å². The smallest absolute Gasteiger partial charge is 0.243 e. The van der Waals surface area contributed by atoms with E-state index in [0.717, 1.165) is 24.9 Å². The SMILES string of the molecule is C#Cc1cccc(NC(=O)CNC(=NC)NCCCC)c1. The van der Waals surface area contributed by atoms with Gasteiger partial charge in [0.1, 0.15) is 0 Å². The van der Waals surface area contributed by atoms with Crippen molar-refractivity contribution in [1.82, 2.24) is 10.6 Å². The van der Waals surface area contributed by atoms with E-state index in [0.29, 0.717) is 11.6 Å². The first kappa shape index (κ1) is 16.6. The normalized spacial score (nSPS) is 10.6. The summed E-state index contributed by atoms with van der Waals surface area (Å²) in [7, 11) is 1.68. The second kappa shape index (κ2) is 9.43. The maximum atomic E-state index is 11.9. The van der Waals surface area contributed by atoms with Gasteiger partial charge in [0.2, 0.25) is 5.91 Å². The standard InChI is InChI=1S/C16H22N4O/c1-4-6-10-18-16(17-3)19-12-15(21)20-14-9-7-8-13(5-2)11-14/h2,7-9,11H,4,6,10,12H2,1,3H3,(H,20,21)(H2,17,18,19). The number of rotatable bonds is 6. The maximum absolute atomic E-state index is 11.9. The Bertz CT molecular complexity index is 531. The van der Waals surface area contributed by atoms with Crippen LogP contribution in [-0.4, -0.2) is 32.0 Å². The van der Waals surface area contributed by atoms with Crippen LogP contribution in [0, 0.1) is 12.3 Å². The Morgan fingerprint density at radius 1 is 1.38 bits per heavy atom. The monoisotopic (exact) mass is 286 g/mol. The highest BCUT2D eigenvalue weighted by molar-refractivity contribution is 5.95. The first-order chi connectivity index (χ1) is 10.2. The average molecular weight is 286 g/mol. The number of amides is 1. The van der Waals surface area contributed by atoms with Gasteiger partial charge in [0.25, 0.3) is 0 Å². The Morgan fingerprint density at radius 2 is 2.19 bits per heavy atom. The predicted molar refractivity (Wildman–Crippen MR) is 87.3 cm³/mol. The van der Waals surface area contributed by atoms with E-state index in [1.807, 2.05) is 12.1 Å². The summed E-state index contributed by atoms with van der Waals surface area (Å²) in [5.41, 5.74) is 1.42. The zero-order valence-corrected chi connectivity index (χ0v) is 12.6. The largest absolute Gasteiger partial charge is 0.356 e. The topological polar surface area (TPSA) is 65.5 Å². The quantitative estimate of drug-likeness (QED) is 0.322. The van der Waals surface area contributed by atoms with Crippen molar-refractivity contribution < 1.29 is 4.79 Å². The first-order valence-electron chi connectivity index (χ1n) is 7.00. The summed E-state index contributed by atoms with van der Waals surface area (Å²) in [5.74, 6) is 3.00. The molecule has 0 radical (unpaired) electrons. The van der Waals surface area contributed by atoms with E-state index in [4.69, 9.17) is 6.42 Å². The molecule has 5 nitrogen and oxygen atoms in total. The van der Waals surface area contributed by atoms with Crippen molar-refractivity contribution >= 4 is 17.6 Å². The molecule has 0 aromatic heterocycles. The summed E-state index contributed by atoms with van der Waals surface area (Å²) in [6, 6.07) is 7.18. The molecule has 0 bridgehead atoms. The molecule has 0 heterocycles. The van der Waals surface area contributed by atoms with E-state index in [9.17, 15) is 4.79 Å². The minimum atomic E-state index is -0.150.